The standard InChI is InChI=1S/C20H22N6O4S/c1-15(27)24-17-5-7-18(8-6-17)31(29,30)25(2)14-20(28)22-13-16-4-9-19(21-12-16)26-11-3-10-23-26/h3-12H,13-14H2,1-2H3,(H,22,28)(H,24,27). The number of amides is 2. The van der Waals surface area contributed by atoms with Gasteiger partial charge in [-0.3, -0.25) is 9.59 Å². The van der Waals surface area contributed by atoms with Crippen molar-refractivity contribution in [3.8, 4) is 5.82 Å². The van der Waals surface area contributed by atoms with Crippen molar-refractivity contribution in [2.75, 3.05) is 18.9 Å². The molecule has 0 saturated heterocycles. The lowest BCUT2D eigenvalue weighted by Gasteiger charge is -2.17. The summed E-state index contributed by atoms with van der Waals surface area (Å²) < 4.78 is 27.9. The number of rotatable bonds is 8. The predicted molar refractivity (Wildman–Crippen MR) is 114 cm³/mol. The number of pyridine rings is 1. The quantitative estimate of drug-likeness (QED) is 0.539. The highest BCUT2D eigenvalue weighted by Gasteiger charge is 2.22. The van der Waals surface area contributed by atoms with Gasteiger partial charge in [0.2, 0.25) is 21.8 Å². The number of nitrogens with one attached hydrogen (secondary N) is 2. The van der Waals surface area contributed by atoms with Crippen molar-refractivity contribution in [1.29, 1.82) is 0 Å². The Morgan fingerprint density at radius 1 is 1.13 bits per heavy atom. The maximum absolute atomic E-state index is 12.7. The third-order valence-corrected chi connectivity index (χ3v) is 6.10. The second-order valence-corrected chi connectivity index (χ2v) is 8.76. The first-order valence-corrected chi connectivity index (χ1v) is 10.8. The van der Waals surface area contributed by atoms with Crippen LogP contribution in [0.25, 0.3) is 5.82 Å². The Morgan fingerprint density at radius 3 is 2.45 bits per heavy atom. The molecule has 3 rings (SSSR count). The van der Waals surface area contributed by atoms with Crippen LogP contribution in [-0.4, -0.2) is 52.9 Å². The number of benzene rings is 1. The van der Waals surface area contributed by atoms with E-state index < -0.39 is 15.9 Å². The highest BCUT2D eigenvalue weighted by Crippen LogP contribution is 2.17. The van der Waals surface area contributed by atoms with Crippen molar-refractivity contribution in [2.45, 2.75) is 18.4 Å². The fourth-order valence-electron chi connectivity index (χ4n) is 2.70. The van der Waals surface area contributed by atoms with Gasteiger partial charge in [0.05, 0.1) is 11.4 Å². The number of carbonyl (C=O) groups excluding carboxylic acids is 2. The van der Waals surface area contributed by atoms with E-state index in [9.17, 15) is 18.0 Å². The van der Waals surface area contributed by atoms with E-state index in [-0.39, 0.29) is 23.9 Å². The van der Waals surface area contributed by atoms with Crippen molar-refractivity contribution in [3.63, 3.8) is 0 Å². The van der Waals surface area contributed by atoms with Gasteiger partial charge in [-0.25, -0.2) is 18.1 Å². The lowest BCUT2D eigenvalue weighted by Crippen LogP contribution is -2.38. The normalized spacial score (nSPS) is 11.3. The van der Waals surface area contributed by atoms with Gasteiger partial charge in [0.1, 0.15) is 0 Å². The Hall–Kier alpha value is -3.57. The molecule has 10 nitrogen and oxygen atoms in total. The smallest absolute Gasteiger partial charge is 0.243 e. The molecule has 0 bridgehead atoms. The first kappa shape index (κ1) is 22.1. The van der Waals surface area contributed by atoms with Gasteiger partial charge in [-0.15, -0.1) is 0 Å². The molecule has 2 aromatic heterocycles. The van der Waals surface area contributed by atoms with E-state index in [0.29, 0.717) is 11.5 Å². The van der Waals surface area contributed by atoms with E-state index in [0.717, 1.165) is 9.87 Å². The van der Waals surface area contributed by atoms with E-state index in [1.165, 1.54) is 38.2 Å². The highest BCUT2D eigenvalue weighted by atomic mass is 32.2. The second kappa shape index (κ2) is 9.49. The Morgan fingerprint density at radius 2 is 1.87 bits per heavy atom. The maximum Gasteiger partial charge on any atom is 0.243 e. The molecule has 0 atom stereocenters. The number of sulfonamides is 1. The van der Waals surface area contributed by atoms with Gasteiger partial charge in [-0.05, 0) is 42.0 Å². The molecule has 2 N–H and O–H groups in total. The van der Waals surface area contributed by atoms with Gasteiger partial charge in [0.15, 0.2) is 5.82 Å². The molecule has 11 heteroatoms. The largest absolute Gasteiger partial charge is 0.351 e. The maximum atomic E-state index is 12.7. The van der Waals surface area contributed by atoms with Crippen LogP contribution in [0.2, 0.25) is 0 Å². The van der Waals surface area contributed by atoms with E-state index in [1.807, 2.05) is 0 Å². The number of aromatic nitrogens is 3. The van der Waals surface area contributed by atoms with Gasteiger partial charge in [-0.1, -0.05) is 6.07 Å². The Bertz CT molecular complexity index is 1140. The molecule has 0 aliphatic carbocycles. The van der Waals surface area contributed by atoms with Gasteiger partial charge < -0.3 is 10.6 Å². The molecular formula is C20H22N6O4S. The number of carbonyl (C=O) groups is 2. The summed E-state index contributed by atoms with van der Waals surface area (Å²) in [6, 6.07) is 11.1. The van der Waals surface area contributed by atoms with Crippen LogP contribution in [-0.2, 0) is 26.2 Å². The Balaban J connectivity index is 1.55. The summed E-state index contributed by atoms with van der Waals surface area (Å²) in [5, 5.41) is 9.34. The molecule has 162 valence electrons. The van der Waals surface area contributed by atoms with Gasteiger partial charge in [0, 0.05) is 44.8 Å². The van der Waals surface area contributed by atoms with E-state index in [1.54, 1.807) is 41.5 Å². The van der Waals surface area contributed by atoms with Gasteiger partial charge in [-0.2, -0.15) is 9.40 Å². The van der Waals surface area contributed by atoms with Crippen LogP contribution in [0.4, 0.5) is 5.69 Å². The fourth-order valence-corrected chi connectivity index (χ4v) is 3.83. The summed E-state index contributed by atoms with van der Waals surface area (Å²) in [5.41, 5.74) is 1.25. The zero-order valence-electron chi connectivity index (χ0n) is 17.0. The number of hydrogen-bond acceptors (Lipinski definition) is 6. The van der Waals surface area contributed by atoms with Crippen LogP contribution in [0.3, 0.4) is 0 Å². The van der Waals surface area contributed by atoms with E-state index >= 15 is 0 Å². The number of hydrogen-bond donors (Lipinski definition) is 2. The summed E-state index contributed by atoms with van der Waals surface area (Å²) in [6.45, 7) is 1.24. The average molecular weight is 443 g/mol. The molecule has 3 aromatic rings. The first-order chi connectivity index (χ1) is 14.8. The van der Waals surface area contributed by atoms with Crippen LogP contribution in [0.5, 0.6) is 0 Å². The highest BCUT2D eigenvalue weighted by molar-refractivity contribution is 7.89. The monoisotopic (exact) mass is 442 g/mol. The molecule has 0 radical (unpaired) electrons. The summed E-state index contributed by atoms with van der Waals surface area (Å²) >= 11 is 0. The SMILES string of the molecule is CC(=O)Nc1ccc(S(=O)(=O)N(C)CC(=O)NCc2ccc(-n3cccn3)nc2)cc1. The van der Waals surface area contributed by atoms with Crippen LogP contribution < -0.4 is 10.6 Å². The summed E-state index contributed by atoms with van der Waals surface area (Å²) in [6.07, 6.45) is 5.04. The molecule has 0 aliphatic heterocycles. The molecule has 0 saturated carbocycles. The molecule has 0 aliphatic rings. The van der Waals surface area contributed by atoms with Crippen LogP contribution in [0, 0.1) is 0 Å². The topological polar surface area (TPSA) is 126 Å². The van der Waals surface area contributed by atoms with Crippen molar-refractivity contribution in [1.82, 2.24) is 24.4 Å². The minimum absolute atomic E-state index is 0.0234. The summed E-state index contributed by atoms with van der Waals surface area (Å²) in [4.78, 5) is 27.6. The molecular weight excluding hydrogens is 420 g/mol. The van der Waals surface area contributed by atoms with Crippen molar-refractivity contribution < 1.29 is 18.0 Å². The van der Waals surface area contributed by atoms with Crippen LogP contribution in [0.1, 0.15) is 12.5 Å². The number of anilines is 1. The first-order valence-electron chi connectivity index (χ1n) is 9.31. The zero-order chi connectivity index (χ0) is 22.4. The second-order valence-electron chi connectivity index (χ2n) is 6.72. The Kier molecular flexibility index (Phi) is 6.78. The van der Waals surface area contributed by atoms with Crippen molar-refractivity contribution in [2.24, 2.45) is 0 Å². The minimum atomic E-state index is -3.86. The number of nitrogens with zero attached hydrogens (tertiary/aromatic N) is 4. The molecule has 0 unspecified atom stereocenters. The fraction of sp³-hybridized carbons (Fsp3) is 0.200. The van der Waals surface area contributed by atoms with Crippen molar-refractivity contribution in [3.05, 3.63) is 66.6 Å². The predicted octanol–water partition coefficient (Wildman–Crippen LogP) is 1.16. The zero-order valence-corrected chi connectivity index (χ0v) is 17.8. The average Bonchev–Trinajstić information content (AvgIpc) is 3.27. The summed E-state index contributed by atoms with van der Waals surface area (Å²) in [7, 11) is -2.52. The molecule has 0 spiro atoms. The lowest BCUT2D eigenvalue weighted by molar-refractivity contribution is -0.121. The molecule has 31 heavy (non-hydrogen) atoms. The Labute approximate surface area is 180 Å². The van der Waals surface area contributed by atoms with Gasteiger partial charge in [0.25, 0.3) is 0 Å². The minimum Gasteiger partial charge on any atom is -0.351 e. The number of likely N-dealkylation sites (N-methyl/N-ethyl adjacent to an activating group) is 1. The van der Waals surface area contributed by atoms with E-state index in [4.69, 9.17) is 0 Å². The molecule has 2 heterocycles. The molecule has 1 aromatic carbocycles. The van der Waals surface area contributed by atoms with Crippen LogP contribution >= 0.6 is 0 Å². The molecule has 2 amide bonds. The third kappa shape index (κ3) is 5.74. The van der Waals surface area contributed by atoms with E-state index in [2.05, 4.69) is 20.7 Å². The summed E-state index contributed by atoms with van der Waals surface area (Å²) in [5.74, 6) is -0.0526. The molecule has 0 fully saturated rings. The van der Waals surface area contributed by atoms with Crippen LogP contribution in [0.15, 0.2) is 66.0 Å². The third-order valence-electron chi connectivity index (χ3n) is 4.29. The van der Waals surface area contributed by atoms with Gasteiger partial charge >= 0.3 is 0 Å². The lowest BCUT2D eigenvalue weighted by atomic mass is 10.3. The van der Waals surface area contributed by atoms with Crippen molar-refractivity contribution >= 4 is 27.5 Å².